The van der Waals surface area contributed by atoms with Crippen molar-refractivity contribution >= 4 is 5.84 Å². The summed E-state index contributed by atoms with van der Waals surface area (Å²) >= 11 is 0. The van der Waals surface area contributed by atoms with E-state index in [-0.39, 0.29) is 12.0 Å². The van der Waals surface area contributed by atoms with Crippen LogP contribution in [0.25, 0.3) is 0 Å². The summed E-state index contributed by atoms with van der Waals surface area (Å²) in [4.78, 5) is 0. The summed E-state index contributed by atoms with van der Waals surface area (Å²) in [5.41, 5.74) is 13.4. The topological polar surface area (TPSA) is 88.5 Å². The lowest BCUT2D eigenvalue weighted by Gasteiger charge is -2.26. The Morgan fingerprint density at radius 1 is 1.21 bits per heavy atom. The molecule has 0 fully saturated rings. The molecule has 0 aliphatic rings. The molecule has 0 aliphatic heterocycles. The number of hydrogen-bond donors (Lipinski definition) is 4. The van der Waals surface area contributed by atoms with Crippen LogP contribution in [0.5, 0.6) is 0 Å². The monoisotopic (exact) mass is 263 g/mol. The number of nitrogens with two attached hydrogens (primary N) is 2. The summed E-state index contributed by atoms with van der Waals surface area (Å²) in [5, 5.41) is 7.09. The van der Waals surface area contributed by atoms with Crippen LogP contribution in [0.1, 0.15) is 35.1 Å². The van der Waals surface area contributed by atoms with Crippen LogP contribution >= 0.6 is 0 Å². The Morgan fingerprint density at radius 2 is 1.79 bits per heavy atom. The Hall–Kier alpha value is -1.59. The minimum Gasteiger partial charge on any atom is -0.384 e. The molecular weight excluding hydrogens is 238 g/mol. The van der Waals surface area contributed by atoms with Gasteiger partial charge in [0.1, 0.15) is 5.84 Å². The predicted molar refractivity (Wildman–Crippen MR) is 80.9 cm³/mol. The SMILES string of the molecule is CNC(/C(N)=N/NN)C(C)c1c(C)ccc(C)c1C. The Morgan fingerprint density at radius 3 is 2.32 bits per heavy atom. The largest absolute Gasteiger partial charge is 0.384 e. The van der Waals surface area contributed by atoms with E-state index in [0.717, 1.165) is 0 Å². The molecule has 0 saturated heterocycles. The Labute approximate surface area is 115 Å². The molecule has 6 N–H and O–H groups in total. The average Bonchev–Trinajstić information content (AvgIpc) is 2.35. The molecule has 1 rings (SSSR count). The van der Waals surface area contributed by atoms with Crippen LogP contribution < -0.4 is 22.4 Å². The van der Waals surface area contributed by atoms with E-state index in [1.165, 1.54) is 22.3 Å². The van der Waals surface area contributed by atoms with Crippen LogP contribution in [-0.4, -0.2) is 18.9 Å². The third-order valence-corrected chi connectivity index (χ3v) is 3.78. The van der Waals surface area contributed by atoms with Crippen molar-refractivity contribution in [1.82, 2.24) is 10.9 Å². The molecule has 0 aromatic heterocycles. The first-order valence-electron chi connectivity index (χ1n) is 6.46. The maximum absolute atomic E-state index is 5.96. The number of hydrazine groups is 1. The van der Waals surface area contributed by atoms with E-state index in [9.17, 15) is 0 Å². The third kappa shape index (κ3) is 3.24. The van der Waals surface area contributed by atoms with Crippen molar-refractivity contribution in [2.75, 3.05) is 7.05 Å². The molecule has 0 heterocycles. The van der Waals surface area contributed by atoms with Crippen LogP contribution in [0.15, 0.2) is 17.2 Å². The molecular formula is C14H25N5. The van der Waals surface area contributed by atoms with Gasteiger partial charge >= 0.3 is 0 Å². The molecule has 0 bridgehead atoms. The normalized spacial score (nSPS) is 15.2. The van der Waals surface area contributed by atoms with Crippen molar-refractivity contribution in [3.63, 3.8) is 0 Å². The number of aryl methyl sites for hydroxylation is 2. The Kier molecular flexibility index (Phi) is 5.32. The zero-order valence-electron chi connectivity index (χ0n) is 12.4. The van der Waals surface area contributed by atoms with Gasteiger partial charge in [-0.1, -0.05) is 19.1 Å². The molecule has 1 aromatic rings. The number of likely N-dealkylation sites (N-methyl/N-ethyl adjacent to an activating group) is 1. The predicted octanol–water partition coefficient (Wildman–Crippen LogP) is 1.04. The fourth-order valence-corrected chi connectivity index (χ4v) is 2.64. The first-order chi connectivity index (χ1) is 8.93. The van der Waals surface area contributed by atoms with Gasteiger partial charge in [0, 0.05) is 5.92 Å². The molecule has 2 atom stereocenters. The fourth-order valence-electron chi connectivity index (χ4n) is 2.64. The van der Waals surface area contributed by atoms with Gasteiger partial charge < -0.3 is 11.1 Å². The lowest BCUT2D eigenvalue weighted by molar-refractivity contribution is 0.582. The second kappa shape index (κ2) is 6.54. The molecule has 0 aliphatic carbocycles. The Bertz CT molecular complexity index is 467. The number of rotatable bonds is 5. The minimum atomic E-state index is -0.0600. The molecule has 19 heavy (non-hydrogen) atoms. The van der Waals surface area contributed by atoms with Crippen LogP contribution in [0.4, 0.5) is 0 Å². The standard InChI is InChI=1S/C14H25N5/c1-8-6-7-9(2)12(10(8)3)11(4)13(17-5)14(15)18-19-16/h6-7,11,13,17,19H,16H2,1-5H3,(H2,15,18). The molecule has 0 radical (unpaired) electrons. The highest BCUT2D eigenvalue weighted by Gasteiger charge is 2.24. The highest BCUT2D eigenvalue weighted by atomic mass is 15.5. The second-order valence-corrected chi connectivity index (χ2v) is 4.96. The lowest BCUT2D eigenvalue weighted by atomic mass is 9.85. The molecule has 106 valence electrons. The van der Waals surface area contributed by atoms with Gasteiger partial charge in [-0.15, -0.1) is 0 Å². The fraction of sp³-hybridized carbons (Fsp3) is 0.500. The van der Waals surface area contributed by atoms with E-state index in [1.54, 1.807) is 0 Å². The van der Waals surface area contributed by atoms with E-state index < -0.39 is 0 Å². The van der Waals surface area contributed by atoms with Gasteiger partial charge in [0.25, 0.3) is 0 Å². The Balaban J connectivity index is 3.21. The van der Waals surface area contributed by atoms with E-state index >= 15 is 0 Å². The number of nitrogens with zero attached hydrogens (tertiary/aromatic N) is 1. The van der Waals surface area contributed by atoms with Crippen LogP contribution in [0.3, 0.4) is 0 Å². The summed E-state index contributed by atoms with van der Waals surface area (Å²) < 4.78 is 0. The highest BCUT2D eigenvalue weighted by Crippen LogP contribution is 2.28. The van der Waals surface area contributed by atoms with E-state index in [0.29, 0.717) is 5.84 Å². The van der Waals surface area contributed by atoms with Gasteiger partial charge in [-0.2, -0.15) is 5.10 Å². The second-order valence-electron chi connectivity index (χ2n) is 4.96. The molecule has 0 spiro atoms. The van der Waals surface area contributed by atoms with Gasteiger partial charge in [0.05, 0.1) is 6.04 Å². The molecule has 2 unspecified atom stereocenters. The first-order valence-corrected chi connectivity index (χ1v) is 6.46. The van der Waals surface area contributed by atoms with E-state index in [2.05, 4.69) is 55.8 Å². The van der Waals surface area contributed by atoms with Gasteiger partial charge in [0.2, 0.25) is 0 Å². The number of hydrogen-bond acceptors (Lipinski definition) is 4. The number of amidine groups is 1. The zero-order chi connectivity index (χ0) is 14.6. The smallest absolute Gasteiger partial charge is 0.138 e. The maximum Gasteiger partial charge on any atom is 0.138 e. The van der Waals surface area contributed by atoms with Gasteiger partial charge in [-0.25, -0.2) is 11.4 Å². The molecule has 0 amide bonds. The van der Waals surface area contributed by atoms with E-state index in [4.69, 9.17) is 11.6 Å². The van der Waals surface area contributed by atoms with Gasteiger partial charge in [-0.05, 0) is 50.1 Å². The molecule has 0 saturated carbocycles. The molecule has 5 nitrogen and oxygen atoms in total. The van der Waals surface area contributed by atoms with Crippen molar-refractivity contribution in [2.24, 2.45) is 16.7 Å². The summed E-state index contributed by atoms with van der Waals surface area (Å²) in [6.07, 6.45) is 0. The number of nitrogens with one attached hydrogen (secondary N) is 2. The summed E-state index contributed by atoms with van der Waals surface area (Å²) in [5.74, 6) is 5.87. The van der Waals surface area contributed by atoms with Crippen molar-refractivity contribution < 1.29 is 0 Å². The molecule has 1 aromatic carbocycles. The zero-order valence-corrected chi connectivity index (χ0v) is 12.4. The van der Waals surface area contributed by atoms with Crippen molar-refractivity contribution in [2.45, 2.75) is 39.7 Å². The van der Waals surface area contributed by atoms with Crippen LogP contribution in [0, 0.1) is 20.8 Å². The quantitative estimate of drug-likeness (QED) is 0.277. The first kappa shape index (κ1) is 15.5. The van der Waals surface area contributed by atoms with Gasteiger partial charge in [0.15, 0.2) is 0 Å². The summed E-state index contributed by atoms with van der Waals surface area (Å²) in [6, 6.07) is 4.24. The van der Waals surface area contributed by atoms with Crippen molar-refractivity contribution in [3.8, 4) is 0 Å². The van der Waals surface area contributed by atoms with Crippen molar-refractivity contribution in [3.05, 3.63) is 34.4 Å². The summed E-state index contributed by atoms with van der Waals surface area (Å²) in [6.45, 7) is 8.54. The maximum atomic E-state index is 5.96. The average molecular weight is 263 g/mol. The van der Waals surface area contributed by atoms with E-state index in [1.807, 2.05) is 7.05 Å². The highest BCUT2D eigenvalue weighted by molar-refractivity contribution is 5.86. The number of hydrazone groups is 1. The van der Waals surface area contributed by atoms with Crippen molar-refractivity contribution in [1.29, 1.82) is 0 Å². The van der Waals surface area contributed by atoms with Crippen LogP contribution in [-0.2, 0) is 0 Å². The van der Waals surface area contributed by atoms with Gasteiger partial charge in [-0.3, -0.25) is 0 Å². The number of benzene rings is 1. The molecule has 5 heteroatoms. The summed E-state index contributed by atoms with van der Waals surface area (Å²) in [7, 11) is 1.88. The third-order valence-electron chi connectivity index (χ3n) is 3.78. The van der Waals surface area contributed by atoms with Crippen LogP contribution in [0.2, 0.25) is 0 Å². The lowest BCUT2D eigenvalue weighted by Crippen LogP contribution is -2.45. The minimum absolute atomic E-state index is 0.0600.